The minimum absolute atomic E-state index is 0.309. The normalized spacial score (nSPS) is 25.4. The maximum Gasteiger partial charge on any atom is 0.334 e. The predicted octanol–water partition coefficient (Wildman–Crippen LogP) is 3.55. The number of esters is 2. The molecule has 5 nitrogen and oxygen atoms in total. The quantitative estimate of drug-likeness (QED) is 0.572. The van der Waals surface area contributed by atoms with Gasteiger partial charge in [-0.05, 0) is 63.7 Å². The highest BCUT2D eigenvalue weighted by Crippen LogP contribution is 2.30. The third-order valence-electron chi connectivity index (χ3n) is 5.00. The average molecular weight is 360 g/mol. The summed E-state index contributed by atoms with van der Waals surface area (Å²) in [6.07, 6.45) is 7.77. The molecule has 2 rings (SSSR count). The van der Waals surface area contributed by atoms with Crippen molar-refractivity contribution in [3.05, 3.63) is 46.1 Å². The summed E-state index contributed by atoms with van der Waals surface area (Å²) in [4.78, 5) is 23.9. The summed E-state index contributed by atoms with van der Waals surface area (Å²) in [6.45, 7) is 5.60. The minimum Gasteiger partial charge on any atom is -0.466 e. The molecule has 1 aliphatic carbocycles. The topological polar surface area (TPSA) is 72.8 Å². The SMILES string of the molecule is COC(=O)C1=CCCC(C)=CC2OC(=O)C(C)=C2CC(O)C(C)=CCC1. The molecule has 1 N–H and O–H groups in total. The second-order valence-corrected chi connectivity index (χ2v) is 6.96. The summed E-state index contributed by atoms with van der Waals surface area (Å²) < 4.78 is 10.3. The highest BCUT2D eigenvalue weighted by atomic mass is 16.5. The van der Waals surface area contributed by atoms with Crippen molar-refractivity contribution in [3.63, 3.8) is 0 Å². The van der Waals surface area contributed by atoms with Crippen molar-refractivity contribution in [2.24, 2.45) is 0 Å². The first-order valence-corrected chi connectivity index (χ1v) is 9.03. The second-order valence-electron chi connectivity index (χ2n) is 6.96. The summed E-state index contributed by atoms with van der Waals surface area (Å²) in [5.41, 5.74) is 3.99. The fourth-order valence-corrected chi connectivity index (χ4v) is 3.22. The number of aliphatic hydroxyl groups is 1. The van der Waals surface area contributed by atoms with Crippen molar-refractivity contribution in [3.8, 4) is 0 Å². The van der Waals surface area contributed by atoms with Gasteiger partial charge in [0.15, 0.2) is 0 Å². The Balaban J connectivity index is 2.33. The molecule has 1 heterocycles. The lowest BCUT2D eigenvalue weighted by atomic mass is 9.93. The van der Waals surface area contributed by atoms with Crippen LogP contribution in [0.2, 0.25) is 0 Å². The monoisotopic (exact) mass is 360 g/mol. The number of fused-ring (bicyclic) bond motifs is 1. The number of allylic oxidation sites excluding steroid dienone is 3. The Labute approximate surface area is 155 Å². The van der Waals surface area contributed by atoms with E-state index >= 15 is 0 Å². The van der Waals surface area contributed by atoms with E-state index in [4.69, 9.17) is 9.47 Å². The van der Waals surface area contributed by atoms with E-state index in [9.17, 15) is 14.7 Å². The summed E-state index contributed by atoms with van der Waals surface area (Å²) >= 11 is 0. The van der Waals surface area contributed by atoms with E-state index < -0.39 is 12.2 Å². The Hall–Kier alpha value is -2.14. The van der Waals surface area contributed by atoms with E-state index in [-0.39, 0.29) is 11.9 Å². The molecule has 0 aromatic heterocycles. The van der Waals surface area contributed by atoms with Gasteiger partial charge in [-0.25, -0.2) is 9.59 Å². The van der Waals surface area contributed by atoms with E-state index in [2.05, 4.69) is 0 Å². The Kier molecular flexibility index (Phi) is 6.98. The molecule has 0 saturated heterocycles. The zero-order valence-corrected chi connectivity index (χ0v) is 16.0. The van der Waals surface area contributed by atoms with Gasteiger partial charge in [-0.1, -0.05) is 17.7 Å². The Morgan fingerprint density at radius 3 is 2.58 bits per heavy atom. The van der Waals surface area contributed by atoms with E-state index in [1.807, 2.05) is 32.1 Å². The molecule has 1 aliphatic heterocycles. The van der Waals surface area contributed by atoms with Crippen molar-refractivity contribution in [2.45, 2.75) is 65.1 Å². The molecule has 0 aromatic carbocycles. The highest BCUT2D eigenvalue weighted by molar-refractivity contribution is 5.92. The molecule has 0 aromatic rings. The van der Waals surface area contributed by atoms with Gasteiger partial charge >= 0.3 is 11.9 Å². The predicted molar refractivity (Wildman–Crippen MR) is 99.3 cm³/mol. The van der Waals surface area contributed by atoms with Crippen LogP contribution in [0.3, 0.4) is 0 Å². The van der Waals surface area contributed by atoms with Gasteiger partial charge < -0.3 is 14.6 Å². The highest BCUT2D eigenvalue weighted by Gasteiger charge is 2.31. The fourth-order valence-electron chi connectivity index (χ4n) is 3.22. The third kappa shape index (κ3) is 4.94. The molecule has 0 bridgehead atoms. The van der Waals surface area contributed by atoms with Gasteiger partial charge in [0, 0.05) is 17.6 Å². The molecule has 5 heteroatoms. The molecule has 26 heavy (non-hydrogen) atoms. The van der Waals surface area contributed by atoms with Crippen LogP contribution in [-0.4, -0.2) is 36.4 Å². The third-order valence-corrected chi connectivity index (χ3v) is 5.00. The molecular weight excluding hydrogens is 332 g/mol. The lowest BCUT2D eigenvalue weighted by Crippen LogP contribution is -2.16. The summed E-state index contributed by atoms with van der Waals surface area (Å²) in [6, 6.07) is 0. The van der Waals surface area contributed by atoms with E-state index in [1.165, 1.54) is 7.11 Å². The molecule has 0 amide bonds. The molecule has 0 radical (unpaired) electrons. The standard InChI is InChI=1S/C21H28O5/c1-13-7-5-9-16(21(24)25-4)10-6-8-14(2)18(22)12-17-15(3)20(23)26-19(17)11-13/h8-9,11,18-19,22H,5-7,10,12H2,1-4H3. The summed E-state index contributed by atoms with van der Waals surface area (Å²) in [5, 5.41) is 10.5. The van der Waals surface area contributed by atoms with Crippen LogP contribution in [0.5, 0.6) is 0 Å². The molecule has 2 aliphatic rings. The smallest absolute Gasteiger partial charge is 0.334 e. The molecule has 0 spiro atoms. The van der Waals surface area contributed by atoms with Crippen molar-refractivity contribution in [1.29, 1.82) is 0 Å². The van der Waals surface area contributed by atoms with Crippen LogP contribution in [0.15, 0.2) is 46.1 Å². The van der Waals surface area contributed by atoms with Gasteiger partial charge in [0.1, 0.15) is 6.10 Å². The Morgan fingerprint density at radius 2 is 1.88 bits per heavy atom. The Morgan fingerprint density at radius 1 is 1.19 bits per heavy atom. The lowest BCUT2D eigenvalue weighted by Gasteiger charge is -2.17. The summed E-state index contributed by atoms with van der Waals surface area (Å²) in [7, 11) is 1.38. The first kappa shape index (κ1) is 20.2. The zero-order chi connectivity index (χ0) is 19.3. The molecule has 0 saturated carbocycles. The lowest BCUT2D eigenvalue weighted by molar-refractivity contribution is -0.138. The number of carbonyl (C=O) groups excluding carboxylic acids is 2. The van der Waals surface area contributed by atoms with E-state index in [1.54, 1.807) is 6.92 Å². The van der Waals surface area contributed by atoms with Crippen LogP contribution >= 0.6 is 0 Å². The second kappa shape index (κ2) is 8.99. The van der Waals surface area contributed by atoms with Gasteiger partial charge in [0.05, 0.1) is 13.2 Å². The molecule has 2 atom stereocenters. The van der Waals surface area contributed by atoms with Crippen LogP contribution in [-0.2, 0) is 19.1 Å². The van der Waals surface area contributed by atoms with Gasteiger partial charge in [-0.2, -0.15) is 0 Å². The van der Waals surface area contributed by atoms with Crippen molar-refractivity contribution >= 4 is 11.9 Å². The minimum atomic E-state index is -0.681. The van der Waals surface area contributed by atoms with Gasteiger partial charge in [-0.15, -0.1) is 0 Å². The number of methoxy groups -OCH3 is 1. The number of aliphatic hydroxyl groups excluding tert-OH is 1. The number of carbonyl (C=O) groups is 2. The Bertz CT molecular complexity index is 693. The maximum absolute atomic E-state index is 12.0. The van der Waals surface area contributed by atoms with Crippen LogP contribution < -0.4 is 0 Å². The number of ether oxygens (including phenoxy) is 2. The average Bonchev–Trinajstić information content (AvgIpc) is 2.86. The largest absolute Gasteiger partial charge is 0.466 e. The van der Waals surface area contributed by atoms with E-state index in [0.29, 0.717) is 30.4 Å². The van der Waals surface area contributed by atoms with Crippen LogP contribution in [0.1, 0.15) is 52.9 Å². The van der Waals surface area contributed by atoms with Crippen LogP contribution in [0.25, 0.3) is 0 Å². The fraction of sp³-hybridized carbons (Fsp3) is 0.524. The molecule has 2 unspecified atom stereocenters. The van der Waals surface area contributed by atoms with Crippen molar-refractivity contribution in [2.75, 3.05) is 7.11 Å². The summed E-state index contributed by atoms with van der Waals surface area (Å²) in [5.74, 6) is -0.629. The van der Waals surface area contributed by atoms with Gasteiger partial charge in [0.2, 0.25) is 0 Å². The number of rotatable bonds is 1. The van der Waals surface area contributed by atoms with Crippen LogP contribution in [0, 0.1) is 0 Å². The van der Waals surface area contributed by atoms with Crippen molar-refractivity contribution in [1.82, 2.24) is 0 Å². The zero-order valence-electron chi connectivity index (χ0n) is 16.0. The first-order valence-electron chi connectivity index (χ1n) is 9.03. The van der Waals surface area contributed by atoms with Crippen molar-refractivity contribution < 1.29 is 24.2 Å². The van der Waals surface area contributed by atoms with Gasteiger partial charge in [-0.3, -0.25) is 0 Å². The molecular formula is C21H28O5. The first-order chi connectivity index (χ1) is 12.3. The number of hydrogen-bond donors (Lipinski definition) is 1. The maximum atomic E-state index is 12.0. The number of hydrogen-bond acceptors (Lipinski definition) is 5. The van der Waals surface area contributed by atoms with Gasteiger partial charge in [0.25, 0.3) is 0 Å². The van der Waals surface area contributed by atoms with Crippen LogP contribution in [0.4, 0.5) is 0 Å². The van der Waals surface area contributed by atoms with E-state index in [0.717, 1.165) is 29.6 Å². The molecule has 0 fully saturated rings. The molecule has 142 valence electrons.